The van der Waals surface area contributed by atoms with Gasteiger partial charge in [0.05, 0.1) is 11.9 Å². The molecule has 90 valence electrons. The van der Waals surface area contributed by atoms with Crippen molar-refractivity contribution in [2.75, 3.05) is 11.4 Å². The number of fused-ring (bicyclic) bond motifs is 1. The monoisotopic (exact) mass is 238 g/mol. The average molecular weight is 238 g/mol. The molecule has 2 heterocycles. The second-order valence-corrected chi connectivity index (χ2v) is 4.35. The number of nitrogen functional groups attached to an aromatic ring is 1. The van der Waals surface area contributed by atoms with E-state index in [-0.39, 0.29) is 5.84 Å². The molecule has 0 saturated heterocycles. The fourth-order valence-corrected chi connectivity index (χ4v) is 2.31. The summed E-state index contributed by atoms with van der Waals surface area (Å²) in [5.74, 6) is 0.00312. The van der Waals surface area contributed by atoms with Gasteiger partial charge in [-0.2, -0.15) is 0 Å². The Morgan fingerprint density at radius 1 is 1.22 bits per heavy atom. The molecule has 3 N–H and O–H groups in total. The first-order valence-electron chi connectivity index (χ1n) is 5.91. The summed E-state index contributed by atoms with van der Waals surface area (Å²) in [4.78, 5) is 6.45. The third-order valence-corrected chi connectivity index (χ3v) is 3.22. The summed E-state index contributed by atoms with van der Waals surface area (Å²) < 4.78 is 0. The lowest BCUT2D eigenvalue weighted by atomic mass is 10.2. The molecule has 1 aromatic heterocycles. The van der Waals surface area contributed by atoms with Crippen molar-refractivity contribution >= 4 is 17.2 Å². The highest BCUT2D eigenvalue weighted by atomic mass is 15.2. The number of rotatable bonds is 2. The molecular formula is C14H14N4. The van der Waals surface area contributed by atoms with Gasteiger partial charge in [-0.25, -0.2) is 0 Å². The topological polar surface area (TPSA) is 66.0 Å². The van der Waals surface area contributed by atoms with Gasteiger partial charge < -0.3 is 10.6 Å². The number of nitrogens with two attached hydrogens (primary N) is 1. The van der Waals surface area contributed by atoms with Gasteiger partial charge in [0.25, 0.3) is 0 Å². The van der Waals surface area contributed by atoms with Crippen LogP contribution in [-0.2, 0) is 6.42 Å². The normalized spacial score (nSPS) is 13.4. The largest absolute Gasteiger partial charge is 0.382 e. The second kappa shape index (κ2) is 4.14. The van der Waals surface area contributed by atoms with Gasteiger partial charge in [-0.1, -0.05) is 18.2 Å². The molecule has 0 bridgehead atoms. The van der Waals surface area contributed by atoms with E-state index in [9.17, 15) is 0 Å². The number of benzene rings is 1. The first-order chi connectivity index (χ1) is 8.75. The first kappa shape index (κ1) is 10.8. The molecule has 0 aliphatic carbocycles. The van der Waals surface area contributed by atoms with Gasteiger partial charge in [0.1, 0.15) is 11.5 Å². The number of pyridine rings is 1. The molecule has 0 fully saturated rings. The number of aromatic nitrogens is 1. The van der Waals surface area contributed by atoms with Gasteiger partial charge in [0.2, 0.25) is 0 Å². The predicted octanol–water partition coefficient (Wildman–Crippen LogP) is 2.06. The Morgan fingerprint density at radius 3 is 2.78 bits per heavy atom. The average Bonchev–Trinajstić information content (AvgIpc) is 2.82. The van der Waals surface area contributed by atoms with Crippen molar-refractivity contribution in [1.82, 2.24) is 4.98 Å². The molecule has 0 radical (unpaired) electrons. The van der Waals surface area contributed by atoms with E-state index in [0.717, 1.165) is 18.7 Å². The van der Waals surface area contributed by atoms with Crippen molar-refractivity contribution in [3.8, 4) is 0 Å². The van der Waals surface area contributed by atoms with Gasteiger partial charge in [-0.3, -0.25) is 10.4 Å². The van der Waals surface area contributed by atoms with Crippen LogP contribution in [-0.4, -0.2) is 17.4 Å². The minimum Gasteiger partial charge on any atom is -0.382 e. The smallest absolute Gasteiger partial charge is 0.141 e. The van der Waals surface area contributed by atoms with Crippen molar-refractivity contribution in [2.45, 2.75) is 6.42 Å². The Hall–Kier alpha value is -2.36. The fourth-order valence-electron chi connectivity index (χ4n) is 2.31. The summed E-state index contributed by atoms with van der Waals surface area (Å²) in [6.45, 7) is 0.973. The molecule has 4 nitrogen and oxygen atoms in total. The van der Waals surface area contributed by atoms with E-state index >= 15 is 0 Å². The van der Waals surface area contributed by atoms with Crippen LogP contribution in [0.5, 0.6) is 0 Å². The molecule has 0 amide bonds. The van der Waals surface area contributed by atoms with Crippen LogP contribution < -0.4 is 10.6 Å². The molecule has 0 unspecified atom stereocenters. The van der Waals surface area contributed by atoms with Gasteiger partial charge in [0.15, 0.2) is 0 Å². The highest BCUT2D eigenvalue weighted by molar-refractivity contribution is 5.93. The minimum atomic E-state index is 0.00312. The fraction of sp³-hybridized carbons (Fsp3) is 0.143. The van der Waals surface area contributed by atoms with Crippen molar-refractivity contribution in [1.29, 1.82) is 5.41 Å². The molecule has 2 aromatic rings. The summed E-state index contributed by atoms with van der Waals surface area (Å²) in [5, 5.41) is 7.33. The standard InChI is InChI=1S/C14H14N4/c15-14(16)12-6-5-11(9-17-12)18-8-7-10-3-1-2-4-13(10)18/h1-6,9H,7-8H2,(H3,15,16). The lowest BCUT2D eigenvalue weighted by molar-refractivity contribution is 0.992. The van der Waals surface area contributed by atoms with Crippen LogP contribution in [0.1, 0.15) is 11.3 Å². The molecule has 1 aliphatic rings. The van der Waals surface area contributed by atoms with E-state index in [1.165, 1.54) is 11.3 Å². The number of para-hydroxylation sites is 1. The molecule has 0 spiro atoms. The third kappa shape index (κ3) is 1.72. The maximum atomic E-state index is 7.33. The Kier molecular flexibility index (Phi) is 2.48. The number of nitrogens with zero attached hydrogens (tertiary/aromatic N) is 2. The Bertz CT molecular complexity index is 589. The number of hydrogen-bond donors (Lipinski definition) is 2. The van der Waals surface area contributed by atoms with Crippen LogP contribution in [0.25, 0.3) is 0 Å². The van der Waals surface area contributed by atoms with Gasteiger partial charge in [-0.15, -0.1) is 0 Å². The van der Waals surface area contributed by atoms with Crippen molar-refractivity contribution in [2.24, 2.45) is 5.73 Å². The molecule has 0 atom stereocenters. The van der Waals surface area contributed by atoms with Crippen LogP contribution in [0.15, 0.2) is 42.6 Å². The quantitative estimate of drug-likeness (QED) is 0.621. The Balaban J connectivity index is 1.95. The van der Waals surface area contributed by atoms with Crippen LogP contribution in [0.4, 0.5) is 11.4 Å². The zero-order valence-electron chi connectivity index (χ0n) is 9.93. The molecule has 1 aliphatic heterocycles. The second-order valence-electron chi connectivity index (χ2n) is 4.35. The number of amidine groups is 1. The molecule has 4 heteroatoms. The summed E-state index contributed by atoms with van der Waals surface area (Å²) in [6.07, 6.45) is 2.84. The van der Waals surface area contributed by atoms with Gasteiger partial charge in [0, 0.05) is 12.2 Å². The van der Waals surface area contributed by atoms with E-state index in [1.54, 1.807) is 12.3 Å². The highest BCUT2D eigenvalue weighted by Gasteiger charge is 2.19. The predicted molar refractivity (Wildman–Crippen MR) is 72.4 cm³/mol. The number of anilines is 2. The van der Waals surface area contributed by atoms with Crippen LogP contribution in [0.2, 0.25) is 0 Å². The first-order valence-corrected chi connectivity index (χ1v) is 5.91. The van der Waals surface area contributed by atoms with Gasteiger partial charge in [-0.05, 0) is 30.2 Å². The SMILES string of the molecule is N=C(N)c1ccc(N2CCc3ccccc32)cn1. The maximum Gasteiger partial charge on any atom is 0.141 e. The molecule has 0 saturated carbocycles. The van der Waals surface area contributed by atoms with E-state index < -0.39 is 0 Å². The summed E-state index contributed by atoms with van der Waals surface area (Å²) >= 11 is 0. The molecule has 1 aromatic carbocycles. The third-order valence-electron chi connectivity index (χ3n) is 3.22. The van der Waals surface area contributed by atoms with Crippen LogP contribution in [0, 0.1) is 5.41 Å². The van der Waals surface area contributed by atoms with E-state index in [1.807, 2.05) is 6.07 Å². The number of nitrogens with one attached hydrogen (secondary N) is 1. The molecular weight excluding hydrogens is 224 g/mol. The van der Waals surface area contributed by atoms with E-state index in [2.05, 4.69) is 34.1 Å². The maximum absolute atomic E-state index is 7.33. The highest BCUT2D eigenvalue weighted by Crippen LogP contribution is 2.33. The van der Waals surface area contributed by atoms with Crippen molar-refractivity contribution in [3.63, 3.8) is 0 Å². The number of hydrogen-bond acceptors (Lipinski definition) is 3. The van der Waals surface area contributed by atoms with E-state index in [0.29, 0.717) is 5.69 Å². The summed E-state index contributed by atoms with van der Waals surface area (Å²) in [7, 11) is 0. The van der Waals surface area contributed by atoms with Crippen LogP contribution >= 0.6 is 0 Å². The Morgan fingerprint density at radius 2 is 2.06 bits per heavy atom. The summed E-state index contributed by atoms with van der Waals surface area (Å²) in [5.41, 5.74) is 9.58. The molecule has 18 heavy (non-hydrogen) atoms. The van der Waals surface area contributed by atoms with Crippen molar-refractivity contribution in [3.05, 3.63) is 53.9 Å². The minimum absolute atomic E-state index is 0.00312. The van der Waals surface area contributed by atoms with Crippen LogP contribution in [0.3, 0.4) is 0 Å². The zero-order valence-corrected chi connectivity index (χ0v) is 9.93. The lowest BCUT2D eigenvalue weighted by Crippen LogP contribution is -2.16. The van der Waals surface area contributed by atoms with Crippen molar-refractivity contribution < 1.29 is 0 Å². The Labute approximate surface area is 106 Å². The van der Waals surface area contributed by atoms with Gasteiger partial charge >= 0.3 is 0 Å². The van der Waals surface area contributed by atoms with E-state index in [4.69, 9.17) is 11.1 Å². The summed E-state index contributed by atoms with van der Waals surface area (Å²) in [6, 6.07) is 12.2. The zero-order chi connectivity index (χ0) is 12.5. The lowest BCUT2D eigenvalue weighted by Gasteiger charge is -2.19. The molecule has 3 rings (SSSR count).